The van der Waals surface area contributed by atoms with Crippen molar-refractivity contribution in [3.8, 4) is 0 Å². The van der Waals surface area contributed by atoms with Crippen LogP contribution in [0.1, 0.15) is 44.8 Å². The summed E-state index contributed by atoms with van der Waals surface area (Å²) < 4.78 is 5.51. The monoisotopic (exact) mass is 352 g/mol. The first-order chi connectivity index (χ1) is 11.5. The van der Waals surface area contributed by atoms with Crippen molar-refractivity contribution in [2.24, 2.45) is 10.4 Å². The van der Waals surface area contributed by atoms with E-state index in [0.717, 1.165) is 11.3 Å². The summed E-state index contributed by atoms with van der Waals surface area (Å²) in [6, 6.07) is 1.84. The number of furan rings is 1. The molecular weight excluding hydrogens is 320 g/mol. The average Bonchev–Trinajstić information content (AvgIpc) is 2.88. The molecule has 0 aromatic carbocycles. The molecule has 142 valence electrons. The van der Waals surface area contributed by atoms with Gasteiger partial charge in [0.05, 0.1) is 18.5 Å². The van der Waals surface area contributed by atoms with Gasteiger partial charge in [0.2, 0.25) is 5.91 Å². The molecule has 25 heavy (non-hydrogen) atoms. The number of carbonyl (C=O) groups excluding carboxylic acids is 1. The van der Waals surface area contributed by atoms with Crippen molar-refractivity contribution in [3.63, 3.8) is 0 Å². The number of aliphatic hydroxyl groups is 1. The molecule has 1 atom stereocenters. The summed E-state index contributed by atoms with van der Waals surface area (Å²) in [6.45, 7) is 12.3. The van der Waals surface area contributed by atoms with Gasteiger partial charge in [-0.3, -0.25) is 9.79 Å². The van der Waals surface area contributed by atoms with Crippen LogP contribution < -0.4 is 16.0 Å². The first-order valence-corrected chi connectivity index (χ1v) is 8.57. The Morgan fingerprint density at radius 3 is 2.40 bits per heavy atom. The minimum absolute atomic E-state index is 0.0661. The highest BCUT2D eigenvalue weighted by molar-refractivity contribution is 5.83. The molecule has 0 radical (unpaired) electrons. The quantitative estimate of drug-likeness (QED) is 0.439. The Labute approximate surface area is 150 Å². The third-order valence-electron chi connectivity index (χ3n) is 4.04. The Morgan fingerprint density at radius 2 is 1.92 bits per heavy atom. The van der Waals surface area contributed by atoms with Crippen molar-refractivity contribution in [2.45, 2.75) is 47.1 Å². The van der Waals surface area contributed by atoms with Crippen LogP contribution in [0.15, 0.2) is 15.5 Å². The zero-order valence-electron chi connectivity index (χ0n) is 16.4. The molecule has 0 aliphatic rings. The highest BCUT2D eigenvalue weighted by Crippen LogP contribution is 2.26. The van der Waals surface area contributed by atoms with Crippen LogP contribution in [0, 0.1) is 19.3 Å². The zero-order valence-corrected chi connectivity index (χ0v) is 16.4. The smallest absolute Gasteiger partial charge is 0.227 e. The molecule has 7 nitrogen and oxygen atoms in total. The maximum Gasteiger partial charge on any atom is 0.227 e. The van der Waals surface area contributed by atoms with Gasteiger partial charge in [0, 0.05) is 19.2 Å². The Balaban J connectivity index is 2.82. The number of nitrogens with one attached hydrogen (secondary N) is 3. The highest BCUT2D eigenvalue weighted by Gasteiger charge is 2.29. The Kier molecular flexibility index (Phi) is 7.05. The van der Waals surface area contributed by atoms with Gasteiger partial charge in [-0.2, -0.15) is 0 Å². The van der Waals surface area contributed by atoms with Gasteiger partial charge >= 0.3 is 0 Å². The van der Waals surface area contributed by atoms with E-state index in [-0.39, 0.29) is 12.5 Å². The average molecular weight is 352 g/mol. The van der Waals surface area contributed by atoms with Gasteiger partial charge in [-0.1, -0.05) is 0 Å². The van der Waals surface area contributed by atoms with Crippen molar-refractivity contribution in [3.05, 3.63) is 23.2 Å². The molecular formula is C18H32N4O3. The normalized spacial score (nSPS) is 14.8. The van der Waals surface area contributed by atoms with E-state index < -0.39 is 11.0 Å². The first-order valence-electron chi connectivity index (χ1n) is 8.57. The second-order valence-electron chi connectivity index (χ2n) is 7.11. The molecule has 1 unspecified atom stereocenters. The molecule has 0 bridgehead atoms. The number of nitrogens with zero attached hydrogens (tertiary/aromatic N) is 1. The molecule has 0 aliphatic heterocycles. The van der Waals surface area contributed by atoms with Crippen LogP contribution in [0.5, 0.6) is 0 Å². The molecule has 0 spiro atoms. The Hall–Kier alpha value is -2.02. The van der Waals surface area contributed by atoms with Crippen LogP contribution in [0.3, 0.4) is 0 Å². The van der Waals surface area contributed by atoms with Crippen LogP contribution >= 0.6 is 0 Å². The number of aryl methyl sites for hydroxylation is 2. The lowest BCUT2D eigenvalue weighted by molar-refractivity contribution is -0.128. The number of carbonyl (C=O) groups is 1. The number of rotatable bonds is 7. The molecule has 0 fully saturated rings. The summed E-state index contributed by atoms with van der Waals surface area (Å²) in [6.07, 6.45) is 0. The summed E-state index contributed by atoms with van der Waals surface area (Å²) in [7, 11) is 1.61. The summed E-state index contributed by atoms with van der Waals surface area (Å²) in [5.74, 6) is 1.95. The van der Waals surface area contributed by atoms with Crippen molar-refractivity contribution < 1.29 is 14.3 Å². The molecule has 1 heterocycles. The van der Waals surface area contributed by atoms with E-state index in [1.807, 2.05) is 40.7 Å². The maximum atomic E-state index is 11.9. The predicted molar refractivity (Wildman–Crippen MR) is 99.6 cm³/mol. The Bertz CT molecular complexity index is 618. The Morgan fingerprint density at radius 1 is 1.28 bits per heavy atom. The molecule has 1 rings (SSSR count). The number of hydrogen-bond donors (Lipinski definition) is 4. The third-order valence-corrected chi connectivity index (χ3v) is 4.04. The van der Waals surface area contributed by atoms with Crippen LogP contribution in [-0.4, -0.2) is 43.7 Å². The van der Waals surface area contributed by atoms with E-state index >= 15 is 0 Å². The zero-order chi connectivity index (χ0) is 19.3. The standard InChI is InChI=1S/C18H32N4O3/c1-8-20-16(21-10-17(4,5)15(23)19-7)22-11-18(6,24)14-9-12(2)25-13(14)3/h9,24H,8,10-11H2,1-7H3,(H,19,23)(H2,20,21,22). The molecule has 1 aromatic heterocycles. The van der Waals surface area contributed by atoms with Crippen LogP contribution in [0.25, 0.3) is 0 Å². The summed E-state index contributed by atoms with van der Waals surface area (Å²) in [4.78, 5) is 16.4. The van der Waals surface area contributed by atoms with E-state index in [1.165, 1.54) is 0 Å². The van der Waals surface area contributed by atoms with Gasteiger partial charge in [0.15, 0.2) is 5.96 Å². The molecule has 7 heteroatoms. The minimum atomic E-state index is -1.10. The van der Waals surface area contributed by atoms with Crippen molar-refractivity contribution in [1.29, 1.82) is 0 Å². The minimum Gasteiger partial charge on any atom is -0.466 e. The van der Waals surface area contributed by atoms with Crippen molar-refractivity contribution in [1.82, 2.24) is 16.0 Å². The van der Waals surface area contributed by atoms with Crippen molar-refractivity contribution >= 4 is 11.9 Å². The van der Waals surface area contributed by atoms with Gasteiger partial charge in [-0.25, -0.2) is 0 Å². The van der Waals surface area contributed by atoms with Crippen LogP contribution in [-0.2, 0) is 10.4 Å². The number of hydrogen-bond acceptors (Lipinski definition) is 4. The first kappa shape index (κ1) is 21.0. The van der Waals surface area contributed by atoms with Gasteiger partial charge < -0.3 is 25.5 Å². The maximum absolute atomic E-state index is 11.9. The van der Waals surface area contributed by atoms with Crippen LogP contribution in [0.2, 0.25) is 0 Å². The molecule has 0 saturated carbocycles. The SMILES string of the molecule is CCNC(=NCC(C)(C)C(=O)NC)NCC(C)(O)c1cc(C)oc1C. The lowest BCUT2D eigenvalue weighted by Gasteiger charge is -2.25. The molecule has 1 aromatic rings. The fourth-order valence-electron chi connectivity index (χ4n) is 2.55. The van der Waals surface area contributed by atoms with E-state index in [4.69, 9.17) is 4.42 Å². The number of amides is 1. The lowest BCUT2D eigenvalue weighted by Crippen LogP contribution is -2.45. The lowest BCUT2D eigenvalue weighted by atomic mass is 9.93. The van der Waals surface area contributed by atoms with E-state index in [9.17, 15) is 9.90 Å². The molecule has 4 N–H and O–H groups in total. The topological polar surface area (TPSA) is 98.9 Å². The second kappa shape index (κ2) is 8.38. The van der Waals surface area contributed by atoms with E-state index in [1.54, 1.807) is 14.0 Å². The summed E-state index contributed by atoms with van der Waals surface area (Å²) in [5, 5.41) is 19.7. The second-order valence-corrected chi connectivity index (χ2v) is 7.11. The van der Waals surface area contributed by atoms with Crippen LogP contribution in [0.4, 0.5) is 0 Å². The van der Waals surface area contributed by atoms with Gasteiger partial charge in [0.25, 0.3) is 0 Å². The van der Waals surface area contributed by atoms with E-state index in [2.05, 4.69) is 20.9 Å². The summed E-state index contributed by atoms with van der Waals surface area (Å²) in [5.41, 5.74) is -0.967. The fourth-order valence-corrected chi connectivity index (χ4v) is 2.55. The van der Waals surface area contributed by atoms with Crippen molar-refractivity contribution in [2.75, 3.05) is 26.7 Å². The third kappa shape index (κ3) is 5.77. The predicted octanol–water partition coefficient (Wildman–Crippen LogP) is 1.43. The summed E-state index contributed by atoms with van der Waals surface area (Å²) >= 11 is 0. The fraction of sp³-hybridized carbons (Fsp3) is 0.667. The number of guanidine groups is 1. The highest BCUT2D eigenvalue weighted by atomic mass is 16.3. The van der Waals surface area contributed by atoms with Gasteiger partial charge in [-0.05, 0) is 47.6 Å². The molecule has 1 amide bonds. The largest absolute Gasteiger partial charge is 0.466 e. The molecule has 0 aliphatic carbocycles. The van der Waals surface area contributed by atoms with Gasteiger partial charge in [-0.15, -0.1) is 0 Å². The van der Waals surface area contributed by atoms with E-state index in [0.29, 0.717) is 24.8 Å². The number of aliphatic imine (C=N–C) groups is 1. The van der Waals surface area contributed by atoms with Gasteiger partial charge in [0.1, 0.15) is 17.1 Å². The molecule has 0 saturated heterocycles.